The van der Waals surface area contributed by atoms with E-state index in [-0.39, 0.29) is 0 Å². The average Bonchev–Trinajstić information content (AvgIpc) is 1.82. The van der Waals surface area contributed by atoms with Gasteiger partial charge in [0.15, 0.2) is 0 Å². The Hall–Kier alpha value is -0.780. The number of aliphatic hydroxyl groups is 1. The molecule has 2 N–H and O–H groups in total. The summed E-state index contributed by atoms with van der Waals surface area (Å²) in [6.07, 6.45) is -7.82. The maximum absolute atomic E-state index is 11.6. The van der Waals surface area contributed by atoms with Crippen LogP contribution in [0.4, 0.5) is 13.2 Å². The minimum Gasteiger partial charge on any atom is -0.376 e. The van der Waals surface area contributed by atoms with Crippen LogP contribution in [0.5, 0.6) is 0 Å². The molecular weight excluding hydrogens is 175 g/mol. The molecule has 0 aromatic rings. The average molecular weight is 185 g/mol. The van der Waals surface area contributed by atoms with E-state index in [1.165, 1.54) is 13.8 Å². The number of alkyl halides is 3. The molecule has 0 rings (SSSR count). The summed E-state index contributed by atoms with van der Waals surface area (Å²) in [6.45, 7) is 3.00. The maximum Gasteiger partial charge on any atom is 0.423 e. The molecule has 0 unspecified atom stereocenters. The Morgan fingerprint density at radius 2 is 1.83 bits per heavy atom. The maximum atomic E-state index is 11.6. The van der Waals surface area contributed by atoms with E-state index in [1.807, 2.05) is 5.32 Å². The minimum absolute atomic E-state index is 0.422. The lowest BCUT2D eigenvalue weighted by Crippen LogP contribution is -2.46. The zero-order valence-electron chi connectivity index (χ0n) is 6.64. The first-order valence-electron chi connectivity index (χ1n) is 3.30. The second kappa shape index (κ2) is 3.75. The third kappa shape index (κ3) is 3.56. The largest absolute Gasteiger partial charge is 0.423 e. The number of amides is 1. The van der Waals surface area contributed by atoms with Gasteiger partial charge in [0.2, 0.25) is 6.10 Å². The van der Waals surface area contributed by atoms with Crippen molar-refractivity contribution in [3.8, 4) is 0 Å². The van der Waals surface area contributed by atoms with Crippen LogP contribution in [0.3, 0.4) is 0 Å². The molecule has 0 radical (unpaired) electrons. The van der Waals surface area contributed by atoms with Gasteiger partial charge >= 0.3 is 6.18 Å². The quantitative estimate of drug-likeness (QED) is 0.655. The molecule has 72 valence electrons. The third-order valence-electron chi connectivity index (χ3n) is 0.989. The van der Waals surface area contributed by atoms with Gasteiger partial charge in [0, 0.05) is 6.04 Å². The third-order valence-corrected chi connectivity index (χ3v) is 0.989. The summed E-state index contributed by atoms with van der Waals surface area (Å²) in [6, 6.07) is -0.422. The van der Waals surface area contributed by atoms with Gasteiger partial charge in [-0.2, -0.15) is 13.2 Å². The van der Waals surface area contributed by atoms with Crippen LogP contribution in [0.1, 0.15) is 13.8 Å². The van der Waals surface area contributed by atoms with E-state index in [0.29, 0.717) is 0 Å². The predicted octanol–water partition coefficient (Wildman–Crippen LogP) is 0.434. The normalized spacial score (nSPS) is 14.6. The fourth-order valence-electron chi connectivity index (χ4n) is 0.512. The Morgan fingerprint density at radius 1 is 1.42 bits per heavy atom. The Kier molecular flexibility index (Phi) is 3.51. The summed E-state index contributed by atoms with van der Waals surface area (Å²) in [4.78, 5) is 10.5. The van der Waals surface area contributed by atoms with Gasteiger partial charge in [-0.05, 0) is 13.8 Å². The van der Waals surface area contributed by atoms with E-state index in [9.17, 15) is 18.0 Å². The molecule has 0 spiro atoms. The number of aliphatic hydroxyl groups excluding tert-OH is 1. The second-order valence-corrected chi connectivity index (χ2v) is 2.61. The molecule has 3 nitrogen and oxygen atoms in total. The molecule has 0 aromatic heterocycles. The smallest absolute Gasteiger partial charge is 0.376 e. The number of carbonyl (C=O) groups excluding carboxylic acids is 1. The molecule has 0 fully saturated rings. The Morgan fingerprint density at radius 3 is 2.08 bits per heavy atom. The van der Waals surface area contributed by atoms with Crippen LogP contribution < -0.4 is 5.32 Å². The highest BCUT2D eigenvalue weighted by Crippen LogP contribution is 2.19. The molecule has 0 aliphatic carbocycles. The van der Waals surface area contributed by atoms with Gasteiger partial charge in [-0.1, -0.05) is 0 Å². The van der Waals surface area contributed by atoms with Crippen LogP contribution in [-0.2, 0) is 4.79 Å². The summed E-state index contributed by atoms with van der Waals surface area (Å²) in [5.41, 5.74) is 0. The number of nitrogens with one attached hydrogen (secondary N) is 1. The van der Waals surface area contributed by atoms with Gasteiger partial charge in [-0.15, -0.1) is 0 Å². The topological polar surface area (TPSA) is 49.3 Å². The molecule has 0 bridgehead atoms. The first kappa shape index (κ1) is 11.2. The molecule has 12 heavy (non-hydrogen) atoms. The standard InChI is InChI=1S/C6H10F3NO2/c1-3(2)10-5(12)4(11)6(7,8)9/h3-4,11H,1-2H3,(H,10,12)/t4-/m1/s1. The van der Waals surface area contributed by atoms with Crippen LogP contribution in [-0.4, -0.2) is 29.3 Å². The van der Waals surface area contributed by atoms with Crippen LogP contribution >= 0.6 is 0 Å². The van der Waals surface area contributed by atoms with Crippen molar-refractivity contribution in [2.45, 2.75) is 32.2 Å². The Labute approximate surface area is 67.6 Å². The second-order valence-electron chi connectivity index (χ2n) is 2.61. The minimum atomic E-state index is -4.89. The molecular formula is C6H10F3NO2. The first-order valence-corrected chi connectivity index (χ1v) is 3.30. The van der Waals surface area contributed by atoms with Crippen molar-refractivity contribution in [2.24, 2.45) is 0 Å². The Balaban J connectivity index is 4.12. The molecule has 6 heteroatoms. The zero-order chi connectivity index (χ0) is 9.94. The van der Waals surface area contributed by atoms with Crippen molar-refractivity contribution in [1.82, 2.24) is 5.32 Å². The lowest BCUT2D eigenvalue weighted by Gasteiger charge is -2.15. The van der Waals surface area contributed by atoms with E-state index in [0.717, 1.165) is 0 Å². The van der Waals surface area contributed by atoms with Crippen molar-refractivity contribution in [2.75, 3.05) is 0 Å². The van der Waals surface area contributed by atoms with Crippen molar-refractivity contribution in [3.63, 3.8) is 0 Å². The van der Waals surface area contributed by atoms with E-state index < -0.39 is 24.2 Å². The summed E-state index contributed by atoms with van der Waals surface area (Å²) in [5, 5.41) is 10.3. The van der Waals surface area contributed by atoms with Crippen molar-refractivity contribution in [3.05, 3.63) is 0 Å². The number of carbonyl (C=O) groups is 1. The number of rotatable bonds is 2. The number of hydrogen-bond donors (Lipinski definition) is 2. The highest BCUT2D eigenvalue weighted by Gasteiger charge is 2.43. The summed E-state index contributed by atoms with van der Waals surface area (Å²) < 4.78 is 34.9. The van der Waals surface area contributed by atoms with Crippen LogP contribution in [0.15, 0.2) is 0 Å². The van der Waals surface area contributed by atoms with E-state index >= 15 is 0 Å². The number of hydrogen-bond acceptors (Lipinski definition) is 2. The van der Waals surface area contributed by atoms with E-state index in [2.05, 4.69) is 0 Å². The lowest BCUT2D eigenvalue weighted by molar-refractivity contribution is -0.205. The number of halogens is 3. The zero-order valence-corrected chi connectivity index (χ0v) is 6.64. The van der Waals surface area contributed by atoms with Gasteiger partial charge in [-0.3, -0.25) is 4.79 Å². The van der Waals surface area contributed by atoms with Gasteiger partial charge in [0.1, 0.15) is 0 Å². The fourth-order valence-corrected chi connectivity index (χ4v) is 0.512. The van der Waals surface area contributed by atoms with Gasteiger partial charge in [0.05, 0.1) is 0 Å². The molecule has 1 atom stereocenters. The fraction of sp³-hybridized carbons (Fsp3) is 0.833. The Bertz CT molecular complexity index is 167. The van der Waals surface area contributed by atoms with Crippen LogP contribution in [0, 0.1) is 0 Å². The molecule has 1 amide bonds. The predicted molar refractivity (Wildman–Crippen MR) is 35.3 cm³/mol. The summed E-state index contributed by atoms with van der Waals surface area (Å²) in [7, 11) is 0. The van der Waals surface area contributed by atoms with E-state index in [4.69, 9.17) is 5.11 Å². The summed E-state index contributed by atoms with van der Waals surface area (Å²) >= 11 is 0. The molecule has 0 saturated heterocycles. The van der Waals surface area contributed by atoms with Crippen molar-refractivity contribution in [1.29, 1.82) is 0 Å². The highest BCUT2D eigenvalue weighted by atomic mass is 19.4. The van der Waals surface area contributed by atoms with Gasteiger partial charge in [-0.25, -0.2) is 0 Å². The van der Waals surface area contributed by atoms with Gasteiger partial charge in [0.25, 0.3) is 5.91 Å². The van der Waals surface area contributed by atoms with Crippen LogP contribution in [0.2, 0.25) is 0 Å². The van der Waals surface area contributed by atoms with Gasteiger partial charge < -0.3 is 10.4 Å². The monoisotopic (exact) mass is 185 g/mol. The van der Waals surface area contributed by atoms with Crippen molar-refractivity contribution < 1.29 is 23.1 Å². The molecule has 0 aromatic carbocycles. The lowest BCUT2D eigenvalue weighted by atomic mass is 10.3. The highest BCUT2D eigenvalue weighted by molar-refractivity contribution is 5.81. The molecule has 0 saturated carbocycles. The summed E-state index contributed by atoms with van der Waals surface area (Å²) in [5.74, 6) is -1.42. The van der Waals surface area contributed by atoms with Crippen LogP contribution in [0.25, 0.3) is 0 Å². The molecule has 0 aliphatic rings. The van der Waals surface area contributed by atoms with E-state index in [1.54, 1.807) is 0 Å². The molecule has 0 aliphatic heterocycles. The SMILES string of the molecule is CC(C)NC(=O)[C@@H](O)C(F)(F)F. The van der Waals surface area contributed by atoms with Crippen molar-refractivity contribution >= 4 is 5.91 Å². The molecule has 0 heterocycles. The first-order chi connectivity index (χ1) is 5.25.